The minimum atomic E-state index is -0.947. The largest absolute Gasteiger partial charge is 0.618 e. The van der Waals surface area contributed by atoms with Crippen LogP contribution in [0, 0.1) is 29.7 Å². The number of aromatic nitrogens is 3. The third-order valence-corrected chi connectivity index (χ3v) is 7.64. The molecule has 0 saturated carbocycles. The molecule has 0 fully saturated rings. The Balaban J connectivity index is 1.60. The summed E-state index contributed by atoms with van der Waals surface area (Å²) < 4.78 is 34.5. The number of benzene rings is 2. The van der Waals surface area contributed by atoms with E-state index < -0.39 is 23.6 Å². The van der Waals surface area contributed by atoms with E-state index in [2.05, 4.69) is 20.4 Å². The van der Waals surface area contributed by atoms with Crippen molar-refractivity contribution in [3.05, 3.63) is 87.7 Å². The Hall–Kier alpha value is -4.51. The zero-order valence-electron chi connectivity index (χ0n) is 23.1. The lowest BCUT2D eigenvalue weighted by Gasteiger charge is -2.20. The fourth-order valence-corrected chi connectivity index (χ4v) is 5.35. The number of amides is 2. The maximum absolute atomic E-state index is 14.7. The first-order chi connectivity index (χ1) is 20.0. The lowest BCUT2D eigenvalue weighted by molar-refractivity contribution is -0.614. The van der Waals surface area contributed by atoms with Crippen molar-refractivity contribution in [3.63, 3.8) is 0 Å². The van der Waals surface area contributed by atoms with Gasteiger partial charge in [-0.05, 0) is 62.1 Å². The van der Waals surface area contributed by atoms with Crippen molar-refractivity contribution in [2.75, 3.05) is 17.7 Å². The number of methoxy groups -OCH3 is 1. The number of H-pyrrole nitrogens is 1. The molecule has 2 aromatic carbocycles. The Kier molecular flexibility index (Phi) is 8.13. The van der Waals surface area contributed by atoms with Crippen LogP contribution in [0.5, 0.6) is 0 Å². The number of rotatable bonds is 3. The number of hydrogen-bond acceptors (Lipinski definition) is 5. The maximum atomic E-state index is 14.7. The van der Waals surface area contributed by atoms with Gasteiger partial charge in [0.2, 0.25) is 11.6 Å². The third kappa shape index (κ3) is 5.78. The molecule has 0 aliphatic carbocycles. The van der Waals surface area contributed by atoms with Crippen molar-refractivity contribution in [2.45, 2.75) is 39.0 Å². The van der Waals surface area contributed by atoms with Crippen LogP contribution in [-0.4, -0.2) is 29.1 Å². The number of carbonyl (C=O) groups excluding carboxylic acids is 2. The average molecular weight is 596 g/mol. The van der Waals surface area contributed by atoms with Crippen molar-refractivity contribution in [1.29, 1.82) is 0 Å². The van der Waals surface area contributed by atoms with Crippen molar-refractivity contribution in [1.82, 2.24) is 9.97 Å². The highest BCUT2D eigenvalue weighted by Gasteiger charge is 2.30. The fourth-order valence-electron chi connectivity index (χ4n) is 5.20. The van der Waals surface area contributed by atoms with Crippen LogP contribution in [0.1, 0.15) is 49.3 Å². The molecule has 0 spiro atoms. The molecule has 0 radical (unpaired) electrons. The molecule has 2 atom stereocenters. The summed E-state index contributed by atoms with van der Waals surface area (Å²) in [6.45, 7) is 3.81. The van der Waals surface area contributed by atoms with E-state index in [9.17, 15) is 23.6 Å². The molecule has 1 aliphatic rings. The van der Waals surface area contributed by atoms with Gasteiger partial charge in [0.25, 0.3) is 0 Å². The van der Waals surface area contributed by atoms with Gasteiger partial charge in [0, 0.05) is 29.4 Å². The molecule has 2 amide bonds. The number of carbonyl (C=O) groups is 2. The van der Waals surface area contributed by atoms with Gasteiger partial charge in [0.1, 0.15) is 17.6 Å². The van der Waals surface area contributed by atoms with Crippen LogP contribution in [0.4, 0.5) is 25.0 Å². The molecule has 5 rings (SSSR count). The number of nitrogens with zero attached hydrogens (tertiary/aromatic N) is 2. The van der Waals surface area contributed by atoms with Gasteiger partial charge in [-0.15, -0.1) is 0 Å². The summed E-state index contributed by atoms with van der Waals surface area (Å²) in [5.74, 6) is -1.98. The van der Waals surface area contributed by atoms with Crippen molar-refractivity contribution >= 4 is 35.0 Å². The number of hydrogen-bond donors (Lipinski definition) is 3. The zero-order valence-corrected chi connectivity index (χ0v) is 23.8. The number of pyridine rings is 1. The SMILES string of the molecule is COC(=O)Nc1ccc2c(c1)NC(=O)CC[C@@H](C)C[C@H](c1ccc(-c3c(F)ccc(Cl)c3F)c[n+]1[O-])c1nc-2c(C)[nH]1. The topological polar surface area (TPSA) is 123 Å². The van der Waals surface area contributed by atoms with E-state index in [4.69, 9.17) is 16.6 Å². The Morgan fingerprint density at radius 2 is 2.00 bits per heavy atom. The van der Waals surface area contributed by atoms with Gasteiger partial charge in [-0.25, -0.2) is 18.6 Å². The lowest BCUT2D eigenvalue weighted by atomic mass is 9.88. The number of ether oxygens (including phenoxy) is 1. The molecule has 12 heteroatoms. The Morgan fingerprint density at radius 3 is 2.74 bits per heavy atom. The lowest BCUT2D eigenvalue weighted by Crippen LogP contribution is -2.34. The third-order valence-electron chi connectivity index (χ3n) is 7.35. The monoisotopic (exact) mass is 595 g/mol. The molecule has 4 aromatic rings. The Bertz CT molecular complexity index is 1690. The first kappa shape index (κ1) is 29.0. The van der Waals surface area contributed by atoms with Crippen LogP contribution in [-0.2, 0) is 9.53 Å². The Labute approximate surface area is 245 Å². The van der Waals surface area contributed by atoms with Gasteiger partial charge in [0.05, 0.1) is 34.6 Å². The average Bonchev–Trinajstić information content (AvgIpc) is 3.33. The predicted molar refractivity (Wildman–Crippen MR) is 154 cm³/mol. The predicted octanol–water partition coefficient (Wildman–Crippen LogP) is 6.69. The number of anilines is 2. The van der Waals surface area contributed by atoms with Crippen LogP contribution >= 0.6 is 11.6 Å². The number of nitrogens with one attached hydrogen (secondary N) is 3. The smallest absolute Gasteiger partial charge is 0.411 e. The summed E-state index contributed by atoms with van der Waals surface area (Å²) in [5.41, 5.74) is 2.73. The zero-order chi connectivity index (χ0) is 30.1. The molecule has 2 bridgehead atoms. The van der Waals surface area contributed by atoms with Crippen molar-refractivity contribution < 1.29 is 27.8 Å². The van der Waals surface area contributed by atoms with Gasteiger partial charge in [-0.3, -0.25) is 10.1 Å². The van der Waals surface area contributed by atoms with Crippen molar-refractivity contribution in [3.8, 4) is 22.4 Å². The highest BCUT2D eigenvalue weighted by atomic mass is 35.5. The van der Waals surface area contributed by atoms with E-state index in [1.165, 1.54) is 19.2 Å². The second-order valence-corrected chi connectivity index (χ2v) is 10.7. The van der Waals surface area contributed by atoms with E-state index in [0.29, 0.717) is 57.4 Å². The van der Waals surface area contributed by atoms with Gasteiger partial charge >= 0.3 is 6.09 Å². The van der Waals surface area contributed by atoms with Gasteiger partial charge in [-0.1, -0.05) is 18.5 Å². The second kappa shape index (κ2) is 11.8. The summed E-state index contributed by atoms with van der Waals surface area (Å²) >= 11 is 5.86. The molecule has 2 aromatic heterocycles. The molecule has 1 aliphatic heterocycles. The van der Waals surface area contributed by atoms with Crippen molar-refractivity contribution in [2.24, 2.45) is 5.92 Å². The summed E-state index contributed by atoms with van der Waals surface area (Å²) in [7, 11) is 1.25. The standard InChI is InChI=1S/C30H28ClF2N5O4/c1-15-4-11-25(39)36-23-13-18(35-30(40)42-3)6-7-19(23)28-16(2)34-29(37-28)20(12-15)24-10-5-17(14-38(24)41)26-22(32)9-8-21(31)27(26)33/h5-10,13-15,20H,4,11-12H2,1-3H3,(H,34,37)(H,35,40)(H,36,39)/t15-,20-/m1/s1. The van der Waals surface area contributed by atoms with Crippen LogP contribution in [0.2, 0.25) is 5.02 Å². The first-order valence-electron chi connectivity index (χ1n) is 13.3. The minimum Gasteiger partial charge on any atom is -0.618 e. The van der Waals surface area contributed by atoms with E-state index in [0.717, 1.165) is 18.3 Å². The summed E-state index contributed by atoms with van der Waals surface area (Å²) in [6, 6.07) is 10.2. The number of halogens is 3. The fraction of sp³-hybridized carbons (Fsp3) is 0.267. The molecule has 3 N–H and O–H groups in total. The van der Waals surface area contributed by atoms with E-state index in [-0.39, 0.29) is 34.4 Å². The summed E-state index contributed by atoms with van der Waals surface area (Å²) in [5, 5.41) is 18.7. The van der Waals surface area contributed by atoms with Gasteiger partial charge in [0.15, 0.2) is 12.0 Å². The van der Waals surface area contributed by atoms with Crippen LogP contribution in [0.25, 0.3) is 22.4 Å². The number of fused-ring (bicyclic) bond motifs is 4. The molecule has 3 heterocycles. The molecule has 0 unspecified atom stereocenters. The molecular weight excluding hydrogens is 568 g/mol. The Morgan fingerprint density at radius 1 is 1.21 bits per heavy atom. The van der Waals surface area contributed by atoms with Gasteiger partial charge in [-0.2, -0.15) is 4.73 Å². The minimum absolute atomic E-state index is 0.00308. The number of imidazole rings is 1. The van der Waals surface area contributed by atoms with Crippen LogP contribution < -0.4 is 15.4 Å². The van der Waals surface area contributed by atoms with Gasteiger partial charge < -0.3 is 20.2 Å². The van der Waals surface area contributed by atoms with E-state index in [1.54, 1.807) is 18.2 Å². The highest BCUT2D eigenvalue weighted by Crippen LogP contribution is 2.37. The summed E-state index contributed by atoms with van der Waals surface area (Å²) in [6.07, 6.45) is 1.71. The quantitative estimate of drug-likeness (QED) is 0.138. The highest BCUT2D eigenvalue weighted by molar-refractivity contribution is 6.31. The van der Waals surface area contributed by atoms with E-state index >= 15 is 0 Å². The number of aromatic amines is 1. The normalized spacial score (nSPS) is 17.0. The first-order valence-corrected chi connectivity index (χ1v) is 13.7. The number of aryl methyl sites for hydroxylation is 1. The van der Waals surface area contributed by atoms with Crippen LogP contribution in [0.3, 0.4) is 0 Å². The van der Waals surface area contributed by atoms with E-state index in [1.807, 2.05) is 13.8 Å². The second-order valence-electron chi connectivity index (χ2n) is 10.3. The molecular formula is C30H28ClF2N5O4. The van der Waals surface area contributed by atoms with Crippen LogP contribution in [0.15, 0.2) is 48.7 Å². The molecule has 42 heavy (non-hydrogen) atoms. The molecule has 0 saturated heterocycles. The summed E-state index contributed by atoms with van der Waals surface area (Å²) in [4.78, 5) is 32.8. The molecule has 218 valence electrons. The molecule has 9 nitrogen and oxygen atoms in total. The maximum Gasteiger partial charge on any atom is 0.411 e.